The number of alkyl halides is 3. The zero-order valence-electron chi connectivity index (χ0n) is 16.8. The topological polar surface area (TPSA) is 97.7 Å². The van der Waals surface area contributed by atoms with E-state index in [-0.39, 0.29) is 12.3 Å². The highest BCUT2D eigenvalue weighted by Crippen LogP contribution is 2.30. The van der Waals surface area contributed by atoms with E-state index < -0.39 is 12.0 Å². The summed E-state index contributed by atoms with van der Waals surface area (Å²) in [6.07, 6.45) is -4.63. The lowest BCUT2D eigenvalue weighted by molar-refractivity contribution is -0.146. The fourth-order valence-corrected chi connectivity index (χ4v) is 3.44. The lowest BCUT2D eigenvalue weighted by Crippen LogP contribution is -2.46. The Bertz CT molecular complexity index is 1040. The monoisotopic (exact) mass is 426 g/mol. The molecule has 162 valence electrons. The van der Waals surface area contributed by atoms with E-state index in [2.05, 4.69) is 30.3 Å². The first kappa shape index (κ1) is 20.5. The molecule has 0 N–H and O–H groups in total. The highest BCUT2D eigenvalue weighted by molar-refractivity contribution is 5.59. The van der Waals surface area contributed by atoms with Crippen LogP contribution >= 0.6 is 0 Å². The zero-order valence-corrected chi connectivity index (χ0v) is 16.8. The third-order valence-corrected chi connectivity index (χ3v) is 5.14. The molecule has 1 fully saturated rings. The molecular weight excluding hydrogens is 405 g/mol. The van der Waals surface area contributed by atoms with E-state index in [4.69, 9.17) is 9.26 Å². The van der Waals surface area contributed by atoms with Gasteiger partial charge >= 0.3 is 6.18 Å². The molecule has 10 nitrogen and oxygen atoms in total. The van der Waals surface area contributed by atoms with Gasteiger partial charge in [-0.05, 0) is 13.8 Å². The maximum Gasteiger partial charge on any atom is 0.453 e. The molecule has 0 unspecified atom stereocenters. The molecule has 0 atom stereocenters. The Morgan fingerprint density at radius 3 is 2.47 bits per heavy atom. The van der Waals surface area contributed by atoms with Crippen LogP contribution in [-0.2, 0) is 24.1 Å². The maximum atomic E-state index is 13.3. The smallest absolute Gasteiger partial charge is 0.377 e. The molecule has 3 aromatic heterocycles. The number of rotatable bonds is 5. The van der Waals surface area contributed by atoms with Gasteiger partial charge in [-0.2, -0.15) is 22.7 Å². The molecule has 1 saturated heterocycles. The van der Waals surface area contributed by atoms with E-state index >= 15 is 0 Å². The summed E-state index contributed by atoms with van der Waals surface area (Å²) in [5.74, 6) is 0.374. The Kier molecular flexibility index (Phi) is 5.32. The number of hydrogen-bond donors (Lipinski definition) is 0. The average Bonchev–Trinajstić information content (AvgIpc) is 3.32. The minimum absolute atomic E-state index is 0.116. The van der Waals surface area contributed by atoms with Gasteiger partial charge in [0.05, 0.1) is 6.54 Å². The van der Waals surface area contributed by atoms with Gasteiger partial charge in [0.2, 0.25) is 5.89 Å². The van der Waals surface area contributed by atoms with E-state index in [0.717, 1.165) is 10.1 Å². The van der Waals surface area contributed by atoms with Gasteiger partial charge in [0.1, 0.15) is 6.61 Å². The van der Waals surface area contributed by atoms with Crippen molar-refractivity contribution in [2.24, 2.45) is 0 Å². The van der Waals surface area contributed by atoms with Crippen molar-refractivity contribution in [2.45, 2.75) is 33.2 Å². The summed E-state index contributed by atoms with van der Waals surface area (Å²) in [4.78, 5) is 8.38. The zero-order chi connectivity index (χ0) is 21.5. The number of nitrogens with zero attached hydrogens (tertiary/aromatic N) is 8. The second kappa shape index (κ2) is 7.80. The summed E-state index contributed by atoms with van der Waals surface area (Å²) in [6, 6.07) is 0. The van der Waals surface area contributed by atoms with Gasteiger partial charge in [-0.3, -0.25) is 4.90 Å². The molecule has 1 aliphatic rings. The van der Waals surface area contributed by atoms with Crippen molar-refractivity contribution in [3.8, 4) is 0 Å². The van der Waals surface area contributed by atoms with Gasteiger partial charge in [-0.1, -0.05) is 5.16 Å². The van der Waals surface area contributed by atoms with E-state index in [0.29, 0.717) is 55.8 Å². The van der Waals surface area contributed by atoms with E-state index in [1.165, 1.54) is 0 Å². The molecule has 4 heterocycles. The minimum atomic E-state index is -4.63. The largest absolute Gasteiger partial charge is 0.453 e. The van der Waals surface area contributed by atoms with E-state index in [1.807, 2.05) is 11.8 Å². The molecule has 30 heavy (non-hydrogen) atoms. The number of piperazine rings is 1. The number of aryl methyl sites for hydroxylation is 1. The van der Waals surface area contributed by atoms with Crippen molar-refractivity contribution in [1.29, 1.82) is 0 Å². The van der Waals surface area contributed by atoms with Crippen LogP contribution in [0.2, 0.25) is 0 Å². The third kappa shape index (κ3) is 3.81. The van der Waals surface area contributed by atoms with Crippen LogP contribution in [0.1, 0.15) is 28.7 Å². The average molecular weight is 426 g/mol. The quantitative estimate of drug-likeness (QED) is 0.603. The van der Waals surface area contributed by atoms with Crippen LogP contribution < -0.4 is 4.90 Å². The first-order valence-electron chi connectivity index (χ1n) is 9.35. The molecule has 1 aliphatic heterocycles. The van der Waals surface area contributed by atoms with Crippen LogP contribution in [0, 0.1) is 13.8 Å². The van der Waals surface area contributed by atoms with Crippen molar-refractivity contribution in [2.75, 3.05) is 38.2 Å². The predicted octanol–water partition coefficient (Wildman–Crippen LogP) is 1.61. The Morgan fingerprint density at radius 1 is 1.07 bits per heavy atom. The summed E-state index contributed by atoms with van der Waals surface area (Å²) in [6.45, 7) is 6.90. The highest BCUT2D eigenvalue weighted by atomic mass is 19.4. The third-order valence-electron chi connectivity index (χ3n) is 5.14. The molecule has 0 aliphatic carbocycles. The summed E-state index contributed by atoms with van der Waals surface area (Å²) in [7, 11) is 1.56. The first-order valence-corrected chi connectivity index (χ1v) is 9.35. The summed E-state index contributed by atoms with van der Waals surface area (Å²) >= 11 is 0. The molecule has 0 aromatic carbocycles. The van der Waals surface area contributed by atoms with Crippen LogP contribution in [0.15, 0.2) is 4.52 Å². The van der Waals surface area contributed by atoms with Crippen LogP contribution in [0.4, 0.5) is 19.0 Å². The molecule has 0 radical (unpaired) electrons. The van der Waals surface area contributed by atoms with E-state index in [1.54, 1.807) is 14.0 Å². The number of halogens is 3. The Labute approximate surface area is 169 Å². The SMILES string of the molecule is COCc1noc(CN2CCN(c3nn4c(C(F)(F)F)nnc4c(C)c3C)CC2)n1. The normalized spacial score (nSPS) is 16.0. The van der Waals surface area contributed by atoms with Crippen LogP contribution in [0.5, 0.6) is 0 Å². The summed E-state index contributed by atoms with van der Waals surface area (Å²) in [5.41, 5.74) is 1.53. The van der Waals surface area contributed by atoms with Crippen molar-refractivity contribution in [3.63, 3.8) is 0 Å². The fourth-order valence-electron chi connectivity index (χ4n) is 3.44. The Hall–Kier alpha value is -2.80. The Morgan fingerprint density at radius 2 is 1.80 bits per heavy atom. The van der Waals surface area contributed by atoms with Gasteiger partial charge < -0.3 is 14.2 Å². The number of anilines is 1. The van der Waals surface area contributed by atoms with Crippen molar-refractivity contribution in [3.05, 3.63) is 28.7 Å². The molecule has 13 heteroatoms. The van der Waals surface area contributed by atoms with Crippen molar-refractivity contribution >= 4 is 11.5 Å². The maximum absolute atomic E-state index is 13.3. The number of methoxy groups -OCH3 is 1. The molecule has 4 rings (SSSR count). The predicted molar refractivity (Wildman–Crippen MR) is 97.8 cm³/mol. The highest BCUT2D eigenvalue weighted by Gasteiger charge is 2.38. The fraction of sp³-hybridized carbons (Fsp3) is 0.588. The lowest BCUT2D eigenvalue weighted by Gasteiger charge is -2.35. The van der Waals surface area contributed by atoms with Gasteiger partial charge in [-0.15, -0.1) is 15.3 Å². The van der Waals surface area contributed by atoms with Crippen molar-refractivity contribution in [1.82, 2.24) is 34.9 Å². The van der Waals surface area contributed by atoms with E-state index in [9.17, 15) is 13.2 Å². The number of hydrogen-bond acceptors (Lipinski definition) is 9. The summed E-state index contributed by atoms with van der Waals surface area (Å²) in [5, 5.41) is 15.1. The number of fused-ring (bicyclic) bond motifs is 1. The standard InChI is InChI=1S/C17H21F3N8O2/c1-10-11(2)15(24-28-14(10)22-23-16(28)17(18,19)20)27-6-4-26(5-7-27)8-13-21-12(9-29-3)25-30-13/h4-9H2,1-3H3. The number of aromatic nitrogens is 6. The van der Waals surface area contributed by atoms with Gasteiger partial charge in [0.25, 0.3) is 5.82 Å². The van der Waals surface area contributed by atoms with Gasteiger partial charge in [0, 0.05) is 44.4 Å². The van der Waals surface area contributed by atoms with Crippen molar-refractivity contribution < 1.29 is 22.4 Å². The Balaban J connectivity index is 1.50. The van der Waals surface area contributed by atoms with Crippen LogP contribution in [0.3, 0.4) is 0 Å². The molecule has 0 bridgehead atoms. The molecule has 0 saturated carbocycles. The molecular formula is C17H21F3N8O2. The van der Waals surface area contributed by atoms with Crippen LogP contribution in [0.25, 0.3) is 5.65 Å². The molecule has 0 amide bonds. The van der Waals surface area contributed by atoms with Gasteiger partial charge in [-0.25, -0.2) is 0 Å². The number of ether oxygens (including phenoxy) is 1. The van der Waals surface area contributed by atoms with Gasteiger partial charge in [0.15, 0.2) is 17.3 Å². The molecule has 0 spiro atoms. The lowest BCUT2D eigenvalue weighted by atomic mass is 10.1. The van der Waals surface area contributed by atoms with Crippen LogP contribution in [-0.4, -0.2) is 68.1 Å². The minimum Gasteiger partial charge on any atom is -0.377 e. The molecule has 3 aromatic rings. The summed E-state index contributed by atoms with van der Waals surface area (Å²) < 4.78 is 50.7. The second-order valence-corrected chi connectivity index (χ2v) is 7.13. The first-order chi connectivity index (χ1) is 14.3. The second-order valence-electron chi connectivity index (χ2n) is 7.13.